The van der Waals surface area contributed by atoms with Crippen molar-refractivity contribution in [2.24, 2.45) is 0 Å². The van der Waals surface area contributed by atoms with E-state index in [-0.39, 0.29) is 4.90 Å². The van der Waals surface area contributed by atoms with E-state index < -0.39 is 10.0 Å². The van der Waals surface area contributed by atoms with Crippen molar-refractivity contribution in [3.05, 3.63) is 75.1 Å². The van der Waals surface area contributed by atoms with Crippen LogP contribution in [0.1, 0.15) is 16.7 Å². The summed E-state index contributed by atoms with van der Waals surface area (Å²) < 4.78 is 28.8. The summed E-state index contributed by atoms with van der Waals surface area (Å²) in [6.45, 7) is 10.5. The summed E-state index contributed by atoms with van der Waals surface area (Å²) >= 11 is 2.19. The van der Waals surface area contributed by atoms with Crippen LogP contribution < -0.4 is 4.90 Å². The molecule has 35 heavy (non-hydrogen) atoms. The van der Waals surface area contributed by atoms with Crippen LogP contribution in [0.2, 0.25) is 0 Å². The number of hydrogen-bond donors (Lipinski definition) is 0. The van der Waals surface area contributed by atoms with Crippen molar-refractivity contribution in [3.8, 4) is 11.1 Å². The normalized spacial score (nSPS) is 15.2. The average Bonchev–Trinajstić information content (AvgIpc) is 3.17. The number of piperazine rings is 1. The van der Waals surface area contributed by atoms with E-state index in [1.807, 2.05) is 19.1 Å². The van der Waals surface area contributed by atoms with Crippen LogP contribution in [0.15, 0.2) is 59.8 Å². The number of aromatic nitrogens is 2. The van der Waals surface area contributed by atoms with Gasteiger partial charge in [0.15, 0.2) is 5.65 Å². The highest BCUT2D eigenvalue weighted by molar-refractivity contribution is 14.1. The lowest BCUT2D eigenvalue weighted by Gasteiger charge is -2.36. The van der Waals surface area contributed by atoms with Gasteiger partial charge in [-0.1, -0.05) is 17.7 Å². The zero-order valence-electron chi connectivity index (χ0n) is 20.4. The van der Waals surface area contributed by atoms with Crippen molar-refractivity contribution in [1.82, 2.24) is 13.9 Å². The van der Waals surface area contributed by atoms with Crippen molar-refractivity contribution in [1.29, 1.82) is 0 Å². The predicted molar refractivity (Wildman–Crippen MR) is 151 cm³/mol. The predicted octanol–water partition coefficient (Wildman–Crippen LogP) is 5.22. The first kappa shape index (κ1) is 24.3. The van der Waals surface area contributed by atoms with Crippen molar-refractivity contribution >= 4 is 49.3 Å². The molecule has 0 aliphatic carbocycles. The van der Waals surface area contributed by atoms with Gasteiger partial charge in [0.1, 0.15) is 0 Å². The number of pyridine rings is 1. The molecule has 5 rings (SSSR count). The summed E-state index contributed by atoms with van der Waals surface area (Å²) in [6, 6.07) is 13.4. The number of likely N-dealkylation sites (N-methyl/N-ethyl adjacent to an activating group) is 1. The molecule has 0 atom stereocenters. The summed E-state index contributed by atoms with van der Waals surface area (Å²) in [5, 5.41) is 0.831. The van der Waals surface area contributed by atoms with Gasteiger partial charge in [0.05, 0.1) is 4.90 Å². The maximum atomic E-state index is 13.3. The Labute approximate surface area is 220 Å². The van der Waals surface area contributed by atoms with Crippen molar-refractivity contribution in [2.45, 2.75) is 25.7 Å². The number of benzene rings is 2. The number of aryl methyl sites for hydroxylation is 3. The third kappa shape index (κ3) is 4.47. The Morgan fingerprint density at radius 3 is 2.14 bits per heavy atom. The summed E-state index contributed by atoms with van der Waals surface area (Å²) in [7, 11) is -1.56. The van der Waals surface area contributed by atoms with E-state index in [4.69, 9.17) is 0 Å². The molecule has 0 spiro atoms. The molecule has 4 aromatic rings. The third-order valence-electron chi connectivity index (χ3n) is 6.79. The number of hydrogen-bond acceptors (Lipinski definition) is 5. The number of rotatable bonds is 4. The molecule has 0 amide bonds. The lowest BCUT2D eigenvalue weighted by molar-refractivity contribution is 0.312. The molecule has 6 nitrogen and oxygen atoms in total. The van der Waals surface area contributed by atoms with Gasteiger partial charge in [-0.2, -0.15) is 0 Å². The minimum atomic E-state index is -3.73. The fourth-order valence-electron chi connectivity index (χ4n) is 4.86. The molecule has 0 bridgehead atoms. The van der Waals surface area contributed by atoms with Crippen LogP contribution >= 0.6 is 22.6 Å². The van der Waals surface area contributed by atoms with E-state index in [0.717, 1.165) is 51.8 Å². The standard InChI is InChI=1S/C27H29IN4O2S/c1-18-5-7-23(8-6-18)35(33,34)32-17-25(28)24-15-22(16-29-27(24)32)21-13-19(2)26(20(3)14-21)31-11-9-30(4)10-12-31/h5-8,13-17H,9-12H2,1-4H3. The summed E-state index contributed by atoms with van der Waals surface area (Å²) in [4.78, 5) is 9.73. The SMILES string of the molecule is Cc1ccc(S(=O)(=O)n2cc(I)c3cc(-c4cc(C)c(N5CCN(C)CC5)c(C)c4)cnc32)cc1. The second kappa shape index (κ2) is 9.22. The van der Waals surface area contributed by atoms with Crippen LogP contribution in [-0.2, 0) is 10.0 Å². The molecule has 1 fully saturated rings. The Bertz CT molecular complexity index is 1500. The molecule has 0 saturated carbocycles. The Morgan fingerprint density at radius 2 is 1.51 bits per heavy atom. The van der Waals surface area contributed by atoms with Gasteiger partial charge in [-0.25, -0.2) is 17.4 Å². The Hall–Kier alpha value is -2.43. The molecular weight excluding hydrogens is 571 g/mol. The van der Waals surface area contributed by atoms with E-state index in [1.54, 1.807) is 24.5 Å². The lowest BCUT2D eigenvalue weighted by atomic mass is 9.98. The number of nitrogens with zero attached hydrogens (tertiary/aromatic N) is 4. The Balaban J connectivity index is 1.53. The van der Waals surface area contributed by atoms with E-state index >= 15 is 0 Å². The zero-order chi connectivity index (χ0) is 24.9. The van der Waals surface area contributed by atoms with E-state index in [9.17, 15) is 8.42 Å². The van der Waals surface area contributed by atoms with Gasteiger partial charge >= 0.3 is 0 Å². The Kier molecular flexibility index (Phi) is 6.39. The molecule has 8 heteroatoms. The maximum absolute atomic E-state index is 13.3. The number of halogens is 1. The first-order chi connectivity index (χ1) is 16.6. The summed E-state index contributed by atoms with van der Waals surface area (Å²) in [5.74, 6) is 0. The monoisotopic (exact) mass is 600 g/mol. The second-order valence-electron chi connectivity index (χ2n) is 9.44. The van der Waals surface area contributed by atoms with Crippen LogP contribution in [0.5, 0.6) is 0 Å². The maximum Gasteiger partial charge on any atom is 0.269 e. The molecule has 0 unspecified atom stereocenters. The number of fused-ring (bicyclic) bond motifs is 1. The minimum Gasteiger partial charge on any atom is -0.369 e. The summed E-state index contributed by atoms with van der Waals surface area (Å²) in [6.07, 6.45) is 3.44. The molecule has 0 N–H and O–H groups in total. The first-order valence-corrected chi connectivity index (χ1v) is 14.2. The van der Waals surface area contributed by atoms with Gasteiger partial charge in [-0.15, -0.1) is 0 Å². The minimum absolute atomic E-state index is 0.257. The molecule has 1 aliphatic heterocycles. The highest BCUT2D eigenvalue weighted by atomic mass is 127. The van der Waals surface area contributed by atoms with Crippen LogP contribution in [0.25, 0.3) is 22.2 Å². The first-order valence-electron chi connectivity index (χ1n) is 11.7. The third-order valence-corrected chi connectivity index (χ3v) is 9.31. The average molecular weight is 601 g/mol. The van der Waals surface area contributed by atoms with Gasteiger partial charge < -0.3 is 9.80 Å². The topological polar surface area (TPSA) is 58.4 Å². The second-order valence-corrected chi connectivity index (χ2v) is 12.4. The fraction of sp³-hybridized carbons (Fsp3) is 0.296. The fourth-order valence-corrected chi connectivity index (χ4v) is 7.05. The van der Waals surface area contributed by atoms with Crippen LogP contribution in [0, 0.1) is 24.3 Å². The number of anilines is 1. The van der Waals surface area contributed by atoms with E-state index in [2.05, 4.69) is 76.5 Å². The van der Waals surface area contributed by atoms with E-state index in [1.165, 1.54) is 20.8 Å². The molecule has 1 aliphatic rings. The summed E-state index contributed by atoms with van der Waals surface area (Å²) in [5.41, 5.74) is 7.36. The van der Waals surface area contributed by atoms with Crippen molar-refractivity contribution in [3.63, 3.8) is 0 Å². The van der Waals surface area contributed by atoms with Gasteiger partial charge in [0.2, 0.25) is 0 Å². The van der Waals surface area contributed by atoms with Gasteiger partial charge in [0, 0.05) is 58.8 Å². The lowest BCUT2D eigenvalue weighted by Crippen LogP contribution is -2.45. The quantitative estimate of drug-likeness (QED) is 0.301. The van der Waals surface area contributed by atoms with Crippen LogP contribution in [-0.4, -0.2) is 55.5 Å². The molecule has 1 saturated heterocycles. The molecule has 2 aromatic carbocycles. The smallest absolute Gasteiger partial charge is 0.269 e. The molecule has 3 heterocycles. The molecule has 0 radical (unpaired) electrons. The highest BCUT2D eigenvalue weighted by Crippen LogP contribution is 2.34. The van der Waals surface area contributed by atoms with Crippen molar-refractivity contribution < 1.29 is 8.42 Å². The van der Waals surface area contributed by atoms with Crippen LogP contribution in [0.4, 0.5) is 5.69 Å². The molecule has 2 aromatic heterocycles. The van der Waals surface area contributed by atoms with Gasteiger partial charge in [0.25, 0.3) is 10.0 Å². The van der Waals surface area contributed by atoms with Gasteiger partial charge in [-0.05, 0) is 97.4 Å². The largest absolute Gasteiger partial charge is 0.369 e. The van der Waals surface area contributed by atoms with Gasteiger partial charge in [-0.3, -0.25) is 0 Å². The zero-order valence-corrected chi connectivity index (χ0v) is 23.4. The van der Waals surface area contributed by atoms with Crippen molar-refractivity contribution in [2.75, 3.05) is 38.1 Å². The van der Waals surface area contributed by atoms with Crippen LogP contribution in [0.3, 0.4) is 0 Å². The molecular formula is C27H29IN4O2S. The Morgan fingerprint density at radius 1 is 0.886 bits per heavy atom. The molecule has 182 valence electrons. The highest BCUT2D eigenvalue weighted by Gasteiger charge is 2.23. The van der Waals surface area contributed by atoms with E-state index in [0.29, 0.717) is 5.65 Å².